The van der Waals surface area contributed by atoms with E-state index in [2.05, 4.69) is 45.4 Å². The van der Waals surface area contributed by atoms with Gasteiger partial charge in [-0.2, -0.15) is 0 Å². The highest BCUT2D eigenvalue weighted by molar-refractivity contribution is 5.76. The largest absolute Gasteiger partial charge is 0.497 e. The van der Waals surface area contributed by atoms with Crippen molar-refractivity contribution in [1.82, 2.24) is 20.1 Å². The van der Waals surface area contributed by atoms with Crippen LogP contribution in [0.25, 0.3) is 11.0 Å². The number of aromatic nitrogens is 2. The van der Waals surface area contributed by atoms with E-state index in [0.29, 0.717) is 0 Å². The number of methoxy groups -OCH3 is 1. The lowest BCUT2D eigenvalue weighted by Crippen LogP contribution is -2.37. The van der Waals surface area contributed by atoms with Gasteiger partial charge in [0.15, 0.2) is 0 Å². The van der Waals surface area contributed by atoms with Crippen molar-refractivity contribution in [1.29, 1.82) is 0 Å². The summed E-state index contributed by atoms with van der Waals surface area (Å²) < 4.78 is 10.2. The van der Waals surface area contributed by atoms with Gasteiger partial charge >= 0.3 is 0 Å². The minimum atomic E-state index is 0.747. The van der Waals surface area contributed by atoms with Crippen LogP contribution in [0.15, 0.2) is 47.1 Å². The molecule has 2 aromatic carbocycles. The fourth-order valence-electron chi connectivity index (χ4n) is 4.15. The minimum Gasteiger partial charge on any atom is -0.497 e. The Hall–Kier alpha value is -2.44. The van der Waals surface area contributed by atoms with Crippen molar-refractivity contribution in [3.05, 3.63) is 53.6 Å². The van der Waals surface area contributed by atoms with Gasteiger partial charge in [0, 0.05) is 19.6 Å². The molecule has 0 bridgehead atoms. The Bertz CT molecular complexity index is 901. The molecule has 1 aliphatic rings. The average molecular weight is 395 g/mol. The first-order valence-electron chi connectivity index (χ1n) is 10.5. The Morgan fingerprint density at radius 1 is 1.10 bits per heavy atom. The zero-order valence-corrected chi connectivity index (χ0v) is 17.4. The third-order valence-corrected chi connectivity index (χ3v) is 5.99. The number of hydrogen-bond donors (Lipinski definition) is 0. The van der Waals surface area contributed by atoms with E-state index in [9.17, 15) is 0 Å². The molecule has 1 aromatic heterocycles. The third-order valence-electron chi connectivity index (χ3n) is 5.99. The first kappa shape index (κ1) is 19.9. The van der Waals surface area contributed by atoms with Crippen LogP contribution in [0.2, 0.25) is 0 Å². The number of piperidine rings is 1. The van der Waals surface area contributed by atoms with Crippen LogP contribution in [0.3, 0.4) is 0 Å². The Morgan fingerprint density at radius 2 is 1.90 bits per heavy atom. The molecule has 0 spiro atoms. The van der Waals surface area contributed by atoms with Gasteiger partial charge in [-0.3, -0.25) is 4.90 Å². The molecule has 0 atom stereocenters. The molecule has 29 heavy (non-hydrogen) atoms. The van der Waals surface area contributed by atoms with Crippen molar-refractivity contribution >= 4 is 11.0 Å². The van der Waals surface area contributed by atoms with E-state index in [1.165, 1.54) is 37.1 Å². The van der Waals surface area contributed by atoms with Crippen LogP contribution in [-0.4, -0.2) is 60.4 Å². The molecule has 2 heterocycles. The van der Waals surface area contributed by atoms with Gasteiger partial charge in [0.25, 0.3) is 0 Å². The highest BCUT2D eigenvalue weighted by atomic mass is 16.6. The van der Waals surface area contributed by atoms with Gasteiger partial charge in [0.1, 0.15) is 16.8 Å². The fraction of sp³-hybridized carbons (Fsp3) is 0.478. The molecular formula is C23H30N4O2. The van der Waals surface area contributed by atoms with Gasteiger partial charge in [0.2, 0.25) is 0 Å². The third kappa shape index (κ3) is 5.14. The first-order valence-corrected chi connectivity index (χ1v) is 10.5. The zero-order chi connectivity index (χ0) is 20.1. The highest BCUT2D eigenvalue weighted by Gasteiger charge is 2.20. The number of nitrogens with zero attached hydrogens (tertiary/aromatic N) is 4. The Balaban J connectivity index is 1.46. The van der Waals surface area contributed by atoms with Crippen molar-refractivity contribution in [3.8, 4) is 5.75 Å². The molecule has 0 radical (unpaired) electrons. The lowest BCUT2D eigenvalue weighted by Gasteiger charge is -2.33. The Labute approximate surface area is 172 Å². The predicted octanol–water partition coefficient (Wildman–Crippen LogP) is 3.62. The maximum Gasteiger partial charge on any atom is 0.139 e. The average Bonchev–Trinajstić information content (AvgIpc) is 3.24. The molecule has 1 saturated heterocycles. The standard InChI is InChI=1S/C23H30N4O2/c1-26-13-10-19(11-14-26)16-27(15-12-18-6-8-21(28-2)9-7-18)17-20-4-3-5-22-23(20)25-29-24-22/h3-9,19H,10-17H2,1-2H3. The maximum atomic E-state index is 5.28. The first-order chi connectivity index (χ1) is 14.2. The summed E-state index contributed by atoms with van der Waals surface area (Å²) in [6, 6.07) is 14.5. The second-order valence-corrected chi connectivity index (χ2v) is 8.13. The van der Waals surface area contributed by atoms with Crippen molar-refractivity contribution in [2.45, 2.75) is 25.8 Å². The number of benzene rings is 2. The zero-order valence-electron chi connectivity index (χ0n) is 17.4. The second-order valence-electron chi connectivity index (χ2n) is 8.13. The smallest absolute Gasteiger partial charge is 0.139 e. The number of likely N-dealkylation sites (tertiary alicyclic amines) is 1. The summed E-state index contributed by atoms with van der Waals surface area (Å²) in [6.45, 7) is 5.39. The van der Waals surface area contributed by atoms with Crippen LogP contribution in [0.4, 0.5) is 0 Å². The summed E-state index contributed by atoms with van der Waals surface area (Å²) in [5.74, 6) is 1.65. The summed E-state index contributed by atoms with van der Waals surface area (Å²) in [7, 11) is 3.92. The molecule has 1 fully saturated rings. The van der Waals surface area contributed by atoms with Crippen LogP contribution in [0.5, 0.6) is 5.75 Å². The lowest BCUT2D eigenvalue weighted by atomic mass is 9.96. The molecule has 6 heteroatoms. The summed E-state index contributed by atoms with van der Waals surface area (Å²) in [5.41, 5.74) is 4.23. The Morgan fingerprint density at radius 3 is 2.66 bits per heavy atom. The van der Waals surface area contributed by atoms with E-state index in [-0.39, 0.29) is 0 Å². The monoisotopic (exact) mass is 394 g/mol. The second kappa shape index (κ2) is 9.37. The van der Waals surface area contributed by atoms with Gasteiger partial charge in [0.05, 0.1) is 7.11 Å². The molecule has 3 aromatic rings. The SMILES string of the molecule is COc1ccc(CCN(Cc2cccc3nonc23)CC2CCN(C)CC2)cc1. The van der Waals surface area contributed by atoms with E-state index in [1.807, 2.05) is 24.3 Å². The molecule has 4 rings (SSSR count). The molecule has 1 aliphatic heterocycles. The van der Waals surface area contributed by atoms with Crippen LogP contribution in [-0.2, 0) is 13.0 Å². The number of fused-ring (bicyclic) bond motifs is 1. The normalized spacial score (nSPS) is 16.0. The van der Waals surface area contributed by atoms with Gasteiger partial charge in [-0.25, -0.2) is 4.63 Å². The number of rotatable bonds is 8. The summed E-state index contributed by atoms with van der Waals surface area (Å²) in [4.78, 5) is 5.00. The van der Waals surface area contributed by atoms with Crippen LogP contribution < -0.4 is 4.74 Å². The summed E-state index contributed by atoms with van der Waals surface area (Å²) in [5, 5.41) is 8.13. The molecule has 0 unspecified atom stereocenters. The van der Waals surface area contributed by atoms with E-state index in [0.717, 1.165) is 48.8 Å². The Kier molecular flexibility index (Phi) is 6.42. The van der Waals surface area contributed by atoms with E-state index in [4.69, 9.17) is 9.37 Å². The molecule has 0 saturated carbocycles. The number of ether oxygens (including phenoxy) is 1. The van der Waals surface area contributed by atoms with Crippen molar-refractivity contribution in [3.63, 3.8) is 0 Å². The molecule has 154 valence electrons. The van der Waals surface area contributed by atoms with Crippen LogP contribution in [0, 0.1) is 5.92 Å². The predicted molar refractivity (Wildman–Crippen MR) is 114 cm³/mol. The lowest BCUT2D eigenvalue weighted by molar-refractivity contribution is 0.157. The van der Waals surface area contributed by atoms with Gasteiger partial charge in [-0.05, 0) is 85.0 Å². The topological polar surface area (TPSA) is 54.6 Å². The van der Waals surface area contributed by atoms with Crippen molar-refractivity contribution < 1.29 is 9.37 Å². The highest BCUT2D eigenvalue weighted by Crippen LogP contribution is 2.22. The quantitative estimate of drug-likeness (QED) is 0.582. The maximum absolute atomic E-state index is 5.28. The van der Waals surface area contributed by atoms with E-state index < -0.39 is 0 Å². The van der Waals surface area contributed by atoms with Crippen molar-refractivity contribution in [2.24, 2.45) is 5.92 Å². The van der Waals surface area contributed by atoms with Crippen molar-refractivity contribution in [2.75, 3.05) is 40.3 Å². The molecule has 0 N–H and O–H groups in total. The van der Waals surface area contributed by atoms with Crippen LogP contribution >= 0.6 is 0 Å². The number of hydrogen-bond acceptors (Lipinski definition) is 6. The molecular weight excluding hydrogens is 364 g/mol. The summed E-state index contributed by atoms with van der Waals surface area (Å²) in [6.07, 6.45) is 3.56. The van der Waals surface area contributed by atoms with Crippen LogP contribution in [0.1, 0.15) is 24.0 Å². The van der Waals surface area contributed by atoms with Gasteiger partial charge < -0.3 is 9.64 Å². The van der Waals surface area contributed by atoms with Gasteiger partial charge in [-0.1, -0.05) is 24.3 Å². The molecule has 0 aliphatic carbocycles. The van der Waals surface area contributed by atoms with Gasteiger partial charge in [-0.15, -0.1) is 0 Å². The summed E-state index contributed by atoms with van der Waals surface area (Å²) >= 11 is 0. The van der Waals surface area contributed by atoms with E-state index >= 15 is 0 Å². The minimum absolute atomic E-state index is 0.747. The fourth-order valence-corrected chi connectivity index (χ4v) is 4.15. The van der Waals surface area contributed by atoms with E-state index in [1.54, 1.807) is 7.11 Å². The molecule has 6 nitrogen and oxygen atoms in total. The molecule has 0 amide bonds.